The van der Waals surface area contributed by atoms with E-state index < -0.39 is 0 Å². The van der Waals surface area contributed by atoms with Crippen LogP contribution in [-0.4, -0.2) is 23.0 Å². The molecule has 2 rings (SSSR count). The highest BCUT2D eigenvalue weighted by atomic mass is 32.2. The summed E-state index contributed by atoms with van der Waals surface area (Å²) in [6.45, 7) is 2.16. The number of hydrogen-bond acceptors (Lipinski definition) is 4. The van der Waals surface area contributed by atoms with E-state index in [4.69, 9.17) is 0 Å². The van der Waals surface area contributed by atoms with E-state index in [9.17, 15) is 5.26 Å². The molecule has 18 heavy (non-hydrogen) atoms. The number of nitrogens with one attached hydrogen (secondary N) is 1. The summed E-state index contributed by atoms with van der Waals surface area (Å²) < 4.78 is 0. The van der Waals surface area contributed by atoms with E-state index in [2.05, 4.69) is 29.5 Å². The fraction of sp³-hybridized carbons (Fsp3) is 0.571. The van der Waals surface area contributed by atoms with Crippen molar-refractivity contribution in [3.63, 3.8) is 0 Å². The first-order chi connectivity index (χ1) is 8.78. The van der Waals surface area contributed by atoms with Crippen molar-refractivity contribution in [2.75, 3.05) is 17.3 Å². The van der Waals surface area contributed by atoms with E-state index in [1.165, 1.54) is 17.7 Å². The molecule has 1 heterocycles. The van der Waals surface area contributed by atoms with Gasteiger partial charge in [-0.15, -0.1) is 0 Å². The number of aromatic nitrogens is 1. The second-order valence-electron chi connectivity index (χ2n) is 4.66. The first-order valence-electron chi connectivity index (χ1n) is 6.46. The molecule has 0 amide bonds. The molecule has 1 atom stereocenters. The molecule has 3 nitrogen and oxygen atoms in total. The van der Waals surface area contributed by atoms with E-state index >= 15 is 0 Å². The predicted octanol–water partition coefficient (Wildman–Crippen LogP) is 3.00. The fourth-order valence-corrected chi connectivity index (χ4v) is 3.04. The van der Waals surface area contributed by atoms with E-state index in [0.29, 0.717) is 11.6 Å². The van der Waals surface area contributed by atoms with E-state index in [1.807, 2.05) is 17.8 Å². The highest BCUT2D eigenvalue weighted by molar-refractivity contribution is 7.98. The standard InChI is InChI=1S/C14H19N3S/c1-3-12(9-18-2)16-14-11(8-15)7-10-5-4-6-13(10)17-14/h7,12H,3-6,9H2,1-2H3,(H,16,17). The van der Waals surface area contributed by atoms with Crippen molar-refractivity contribution < 1.29 is 0 Å². The molecule has 0 fully saturated rings. The number of fused-ring (bicyclic) bond motifs is 1. The number of pyridine rings is 1. The smallest absolute Gasteiger partial charge is 0.144 e. The van der Waals surface area contributed by atoms with Crippen LogP contribution in [0.2, 0.25) is 0 Å². The highest BCUT2D eigenvalue weighted by Gasteiger charge is 2.17. The summed E-state index contributed by atoms with van der Waals surface area (Å²) in [5, 5.41) is 12.7. The summed E-state index contributed by atoms with van der Waals surface area (Å²) in [5.74, 6) is 1.82. The largest absolute Gasteiger partial charge is 0.365 e. The van der Waals surface area contributed by atoms with Crippen LogP contribution in [0.15, 0.2) is 6.07 Å². The molecule has 1 aromatic rings. The molecule has 0 aliphatic heterocycles. The molecule has 1 aliphatic rings. The minimum Gasteiger partial charge on any atom is -0.365 e. The summed E-state index contributed by atoms with van der Waals surface area (Å²) >= 11 is 1.82. The first kappa shape index (κ1) is 13.2. The molecule has 1 N–H and O–H groups in total. The lowest BCUT2D eigenvalue weighted by atomic mass is 10.1. The average Bonchev–Trinajstić information content (AvgIpc) is 2.84. The van der Waals surface area contributed by atoms with Gasteiger partial charge in [0.2, 0.25) is 0 Å². The summed E-state index contributed by atoms with van der Waals surface area (Å²) in [7, 11) is 0. The van der Waals surface area contributed by atoms with Crippen molar-refractivity contribution in [3.05, 3.63) is 22.9 Å². The Labute approximate surface area is 113 Å². The average molecular weight is 261 g/mol. The molecule has 0 saturated carbocycles. The van der Waals surface area contributed by atoms with Crippen LogP contribution in [0.5, 0.6) is 0 Å². The van der Waals surface area contributed by atoms with Crippen LogP contribution in [-0.2, 0) is 12.8 Å². The van der Waals surface area contributed by atoms with Crippen molar-refractivity contribution in [1.29, 1.82) is 5.26 Å². The third-order valence-electron chi connectivity index (χ3n) is 3.37. The van der Waals surface area contributed by atoms with Gasteiger partial charge in [0.05, 0.1) is 5.56 Å². The Hall–Kier alpha value is -1.21. The summed E-state index contributed by atoms with van der Waals surface area (Å²) in [5.41, 5.74) is 3.13. The molecule has 0 aromatic carbocycles. The van der Waals surface area contributed by atoms with Gasteiger partial charge in [0, 0.05) is 17.5 Å². The monoisotopic (exact) mass is 261 g/mol. The van der Waals surface area contributed by atoms with Gasteiger partial charge in [-0.1, -0.05) is 6.92 Å². The Bertz CT molecular complexity index is 465. The van der Waals surface area contributed by atoms with E-state index in [1.54, 1.807) is 0 Å². The van der Waals surface area contributed by atoms with Gasteiger partial charge in [0.1, 0.15) is 11.9 Å². The second kappa shape index (κ2) is 6.10. The van der Waals surface area contributed by atoms with Crippen LogP contribution in [0.3, 0.4) is 0 Å². The normalized spacial score (nSPS) is 14.9. The minimum absolute atomic E-state index is 0.388. The SMILES string of the molecule is CCC(CSC)Nc1nc2c(cc1C#N)CCC2. The number of hydrogen-bond donors (Lipinski definition) is 1. The third-order valence-corrected chi connectivity index (χ3v) is 4.11. The van der Waals surface area contributed by atoms with Crippen LogP contribution in [0.1, 0.15) is 36.6 Å². The molecule has 4 heteroatoms. The van der Waals surface area contributed by atoms with Crippen molar-refractivity contribution >= 4 is 17.6 Å². The van der Waals surface area contributed by atoms with Crippen molar-refractivity contribution in [1.82, 2.24) is 4.98 Å². The van der Waals surface area contributed by atoms with Gasteiger partial charge in [-0.3, -0.25) is 0 Å². The van der Waals surface area contributed by atoms with Crippen molar-refractivity contribution in [2.45, 2.75) is 38.6 Å². The van der Waals surface area contributed by atoms with Crippen LogP contribution in [0, 0.1) is 11.3 Å². The Morgan fingerprint density at radius 2 is 2.39 bits per heavy atom. The van der Waals surface area contributed by atoms with Crippen molar-refractivity contribution in [3.8, 4) is 6.07 Å². The maximum Gasteiger partial charge on any atom is 0.144 e. The number of nitrogens with zero attached hydrogens (tertiary/aromatic N) is 2. The van der Waals surface area contributed by atoms with Gasteiger partial charge >= 0.3 is 0 Å². The van der Waals surface area contributed by atoms with E-state index in [0.717, 1.165) is 30.8 Å². The van der Waals surface area contributed by atoms with Crippen LogP contribution >= 0.6 is 11.8 Å². The molecule has 0 radical (unpaired) electrons. The Balaban J connectivity index is 2.24. The van der Waals surface area contributed by atoms with Crippen LogP contribution < -0.4 is 5.32 Å². The van der Waals surface area contributed by atoms with E-state index in [-0.39, 0.29) is 0 Å². The van der Waals surface area contributed by atoms with Gasteiger partial charge in [-0.2, -0.15) is 17.0 Å². The zero-order chi connectivity index (χ0) is 13.0. The van der Waals surface area contributed by atoms with Gasteiger partial charge in [-0.25, -0.2) is 4.98 Å². The Morgan fingerprint density at radius 3 is 3.06 bits per heavy atom. The highest BCUT2D eigenvalue weighted by Crippen LogP contribution is 2.25. The second-order valence-corrected chi connectivity index (χ2v) is 5.57. The summed E-state index contributed by atoms with van der Waals surface area (Å²) in [6, 6.07) is 4.67. The number of aryl methyl sites for hydroxylation is 2. The number of rotatable bonds is 5. The van der Waals surface area contributed by atoms with Gasteiger partial charge in [0.15, 0.2) is 0 Å². The molecular weight excluding hydrogens is 242 g/mol. The van der Waals surface area contributed by atoms with Gasteiger partial charge in [0.25, 0.3) is 0 Å². The molecular formula is C14H19N3S. The van der Waals surface area contributed by atoms with Gasteiger partial charge < -0.3 is 5.32 Å². The third kappa shape index (κ3) is 2.78. The molecule has 1 unspecified atom stereocenters. The summed E-state index contributed by atoms with van der Waals surface area (Å²) in [4.78, 5) is 4.65. The lowest BCUT2D eigenvalue weighted by Crippen LogP contribution is -2.22. The quantitative estimate of drug-likeness (QED) is 0.885. The first-order valence-corrected chi connectivity index (χ1v) is 7.86. The molecule has 96 valence electrons. The lowest BCUT2D eigenvalue weighted by Gasteiger charge is -2.18. The van der Waals surface area contributed by atoms with Crippen LogP contribution in [0.25, 0.3) is 0 Å². The summed E-state index contributed by atoms with van der Waals surface area (Å²) in [6.07, 6.45) is 6.43. The maximum atomic E-state index is 9.23. The zero-order valence-corrected chi connectivity index (χ0v) is 11.8. The van der Waals surface area contributed by atoms with Crippen molar-refractivity contribution in [2.24, 2.45) is 0 Å². The zero-order valence-electron chi connectivity index (χ0n) is 11.0. The molecule has 0 bridgehead atoms. The minimum atomic E-state index is 0.388. The number of anilines is 1. The lowest BCUT2D eigenvalue weighted by molar-refractivity contribution is 0.767. The molecule has 0 saturated heterocycles. The van der Waals surface area contributed by atoms with Gasteiger partial charge in [-0.05, 0) is 43.6 Å². The Morgan fingerprint density at radius 1 is 1.56 bits per heavy atom. The maximum absolute atomic E-state index is 9.23. The number of thioether (sulfide) groups is 1. The predicted molar refractivity (Wildman–Crippen MR) is 77.1 cm³/mol. The Kier molecular flexibility index (Phi) is 4.48. The topological polar surface area (TPSA) is 48.7 Å². The molecule has 0 spiro atoms. The number of nitriles is 1. The molecule has 1 aromatic heterocycles. The fourth-order valence-electron chi connectivity index (χ4n) is 2.32. The van der Waals surface area contributed by atoms with Crippen LogP contribution in [0.4, 0.5) is 5.82 Å². The molecule has 1 aliphatic carbocycles.